The van der Waals surface area contributed by atoms with Gasteiger partial charge in [-0.25, -0.2) is 0 Å². The summed E-state index contributed by atoms with van der Waals surface area (Å²) in [5.41, 5.74) is 6.82. The Bertz CT molecular complexity index is 469. The van der Waals surface area contributed by atoms with E-state index in [1.165, 1.54) is 6.07 Å². The summed E-state index contributed by atoms with van der Waals surface area (Å²) in [7, 11) is 0. The summed E-state index contributed by atoms with van der Waals surface area (Å²) >= 11 is 0. The maximum absolute atomic E-state index is 12.4. The third-order valence-electron chi connectivity index (χ3n) is 2.60. The third kappa shape index (κ3) is 2.69. The van der Waals surface area contributed by atoms with E-state index in [1.54, 1.807) is 6.07 Å². The van der Waals surface area contributed by atoms with Crippen molar-refractivity contribution in [3.8, 4) is 0 Å². The first-order valence-corrected chi connectivity index (χ1v) is 5.13. The normalized spacial score (nSPS) is 15.4. The lowest BCUT2D eigenvalue weighted by Crippen LogP contribution is -2.22. The Morgan fingerprint density at radius 1 is 1.29 bits per heavy atom. The van der Waals surface area contributed by atoms with E-state index in [0.29, 0.717) is 17.7 Å². The largest absolute Gasteiger partial charge is 0.399 e. The molecule has 1 aromatic carbocycles. The van der Waals surface area contributed by atoms with Crippen molar-refractivity contribution in [2.75, 3.05) is 11.1 Å². The summed E-state index contributed by atoms with van der Waals surface area (Å²) in [5.74, 6) is -0.259. The number of amides is 1. The van der Waals surface area contributed by atoms with Crippen LogP contribution >= 0.6 is 0 Å². The minimum atomic E-state index is -4.32. The molecular weight excluding hydrogens is 233 g/mol. The van der Waals surface area contributed by atoms with Crippen LogP contribution in [-0.2, 0) is 17.6 Å². The molecule has 0 bridgehead atoms. The summed E-state index contributed by atoms with van der Waals surface area (Å²) in [6, 6.07) is 2.87. The van der Waals surface area contributed by atoms with E-state index in [2.05, 4.69) is 5.32 Å². The molecule has 0 atom stereocenters. The van der Waals surface area contributed by atoms with Crippen LogP contribution in [0.3, 0.4) is 0 Å². The monoisotopic (exact) mass is 244 g/mol. The zero-order chi connectivity index (χ0) is 12.6. The number of fused-ring (bicyclic) bond motifs is 1. The maximum atomic E-state index is 12.4. The second-order valence-corrected chi connectivity index (χ2v) is 4.05. The van der Waals surface area contributed by atoms with Crippen molar-refractivity contribution in [1.29, 1.82) is 0 Å². The number of hydrogen-bond acceptors (Lipinski definition) is 2. The minimum Gasteiger partial charge on any atom is -0.399 e. The fraction of sp³-hybridized carbons (Fsp3) is 0.364. The predicted octanol–water partition coefficient (Wildman–Crippen LogP) is 2.26. The summed E-state index contributed by atoms with van der Waals surface area (Å²) in [6.45, 7) is 0. The molecule has 1 heterocycles. The Labute approximate surface area is 95.8 Å². The molecule has 1 aliphatic heterocycles. The standard InChI is InChI=1S/C11H11F3N2O/c12-11(13,14)5-7-4-8(15)3-6-1-2-9(17)16-10(6)7/h3-4H,1-2,5,15H2,(H,16,17). The average Bonchev–Trinajstić information content (AvgIpc) is 2.16. The van der Waals surface area contributed by atoms with Gasteiger partial charge in [0.25, 0.3) is 0 Å². The molecule has 3 nitrogen and oxygen atoms in total. The van der Waals surface area contributed by atoms with E-state index >= 15 is 0 Å². The van der Waals surface area contributed by atoms with Crippen LogP contribution < -0.4 is 11.1 Å². The Morgan fingerprint density at radius 3 is 2.65 bits per heavy atom. The van der Waals surface area contributed by atoms with Gasteiger partial charge in [-0.2, -0.15) is 13.2 Å². The van der Waals surface area contributed by atoms with Crippen molar-refractivity contribution in [1.82, 2.24) is 0 Å². The molecule has 17 heavy (non-hydrogen) atoms. The van der Waals surface area contributed by atoms with E-state index in [9.17, 15) is 18.0 Å². The van der Waals surface area contributed by atoms with Gasteiger partial charge in [0.1, 0.15) is 0 Å². The van der Waals surface area contributed by atoms with Crippen molar-refractivity contribution in [2.24, 2.45) is 0 Å². The first kappa shape index (κ1) is 11.8. The quantitative estimate of drug-likeness (QED) is 0.744. The Hall–Kier alpha value is -1.72. The van der Waals surface area contributed by atoms with Crippen LogP contribution in [0.5, 0.6) is 0 Å². The highest BCUT2D eigenvalue weighted by molar-refractivity contribution is 5.95. The van der Waals surface area contributed by atoms with Crippen molar-refractivity contribution in [3.63, 3.8) is 0 Å². The summed E-state index contributed by atoms with van der Waals surface area (Å²) in [6.07, 6.45) is -4.69. The molecule has 0 radical (unpaired) electrons. The van der Waals surface area contributed by atoms with Crippen molar-refractivity contribution in [2.45, 2.75) is 25.4 Å². The number of halogens is 3. The van der Waals surface area contributed by atoms with E-state index in [1.807, 2.05) is 0 Å². The number of nitrogens with one attached hydrogen (secondary N) is 1. The number of anilines is 2. The first-order valence-electron chi connectivity index (χ1n) is 5.13. The molecule has 0 aromatic heterocycles. The van der Waals surface area contributed by atoms with Crippen LogP contribution in [0.4, 0.5) is 24.5 Å². The molecule has 0 unspecified atom stereocenters. The van der Waals surface area contributed by atoms with Crippen molar-refractivity contribution < 1.29 is 18.0 Å². The van der Waals surface area contributed by atoms with Gasteiger partial charge in [-0.3, -0.25) is 4.79 Å². The average molecular weight is 244 g/mol. The Morgan fingerprint density at radius 2 is 2.00 bits per heavy atom. The molecule has 2 rings (SSSR count). The molecule has 0 spiro atoms. The summed E-state index contributed by atoms with van der Waals surface area (Å²) in [5, 5.41) is 2.48. The summed E-state index contributed by atoms with van der Waals surface area (Å²) in [4.78, 5) is 11.2. The number of aryl methyl sites for hydroxylation is 1. The molecule has 1 amide bonds. The van der Waals surface area contributed by atoms with Gasteiger partial charge in [0.2, 0.25) is 5.91 Å². The summed E-state index contributed by atoms with van der Waals surface area (Å²) < 4.78 is 37.2. The fourth-order valence-corrected chi connectivity index (χ4v) is 1.96. The van der Waals surface area contributed by atoms with Crippen molar-refractivity contribution >= 4 is 17.3 Å². The molecule has 0 fully saturated rings. The van der Waals surface area contributed by atoms with Gasteiger partial charge in [0.05, 0.1) is 6.42 Å². The molecule has 92 valence electrons. The SMILES string of the molecule is Nc1cc2c(c(CC(F)(F)F)c1)NC(=O)CC2. The van der Waals surface area contributed by atoms with Crippen LogP contribution in [0.1, 0.15) is 17.5 Å². The van der Waals surface area contributed by atoms with Crippen LogP contribution in [0, 0.1) is 0 Å². The number of rotatable bonds is 1. The molecular formula is C11H11F3N2O. The van der Waals surface area contributed by atoms with Crippen LogP contribution in [0.15, 0.2) is 12.1 Å². The zero-order valence-corrected chi connectivity index (χ0v) is 8.90. The molecule has 1 aromatic rings. The van der Waals surface area contributed by atoms with E-state index < -0.39 is 12.6 Å². The number of carbonyl (C=O) groups is 1. The first-order chi connectivity index (χ1) is 7.85. The molecule has 0 saturated carbocycles. The molecule has 3 N–H and O–H groups in total. The lowest BCUT2D eigenvalue weighted by molar-refractivity contribution is -0.127. The predicted molar refractivity (Wildman–Crippen MR) is 57.6 cm³/mol. The number of nitrogens with two attached hydrogens (primary N) is 1. The van der Waals surface area contributed by atoms with Crippen LogP contribution in [0.25, 0.3) is 0 Å². The smallest absolute Gasteiger partial charge is 0.393 e. The Balaban J connectivity index is 2.44. The van der Waals surface area contributed by atoms with Gasteiger partial charge in [-0.15, -0.1) is 0 Å². The van der Waals surface area contributed by atoms with E-state index in [-0.39, 0.29) is 23.6 Å². The fourth-order valence-electron chi connectivity index (χ4n) is 1.96. The highest BCUT2D eigenvalue weighted by atomic mass is 19.4. The number of alkyl halides is 3. The minimum absolute atomic E-state index is 0.0283. The number of carbonyl (C=O) groups excluding carboxylic acids is 1. The van der Waals surface area contributed by atoms with Crippen LogP contribution in [0.2, 0.25) is 0 Å². The zero-order valence-electron chi connectivity index (χ0n) is 8.90. The molecule has 6 heteroatoms. The lowest BCUT2D eigenvalue weighted by atomic mass is 9.96. The Kier molecular flexibility index (Phi) is 2.73. The van der Waals surface area contributed by atoms with Gasteiger partial charge in [-0.1, -0.05) is 0 Å². The highest BCUT2D eigenvalue weighted by Gasteiger charge is 2.30. The number of benzene rings is 1. The lowest BCUT2D eigenvalue weighted by Gasteiger charge is -2.21. The molecule has 0 aliphatic carbocycles. The van der Waals surface area contributed by atoms with Gasteiger partial charge in [0.15, 0.2) is 0 Å². The van der Waals surface area contributed by atoms with Gasteiger partial charge in [0, 0.05) is 17.8 Å². The van der Waals surface area contributed by atoms with E-state index in [0.717, 1.165) is 0 Å². The highest BCUT2D eigenvalue weighted by Crippen LogP contribution is 2.33. The van der Waals surface area contributed by atoms with Gasteiger partial charge in [-0.05, 0) is 29.7 Å². The van der Waals surface area contributed by atoms with Gasteiger partial charge >= 0.3 is 6.18 Å². The second-order valence-electron chi connectivity index (χ2n) is 4.05. The number of hydrogen-bond donors (Lipinski definition) is 2. The van der Waals surface area contributed by atoms with Crippen LogP contribution in [-0.4, -0.2) is 12.1 Å². The second kappa shape index (κ2) is 3.94. The van der Waals surface area contributed by atoms with E-state index in [4.69, 9.17) is 5.73 Å². The topological polar surface area (TPSA) is 55.1 Å². The third-order valence-corrected chi connectivity index (χ3v) is 2.60. The molecule has 0 saturated heterocycles. The molecule has 1 aliphatic rings. The van der Waals surface area contributed by atoms with Gasteiger partial charge < -0.3 is 11.1 Å². The van der Waals surface area contributed by atoms with Crippen molar-refractivity contribution in [3.05, 3.63) is 23.3 Å². The maximum Gasteiger partial charge on any atom is 0.393 e. The number of nitrogen functional groups attached to an aromatic ring is 1.